The van der Waals surface area contributed by atoms with Gasteiger partial charge < -0.3 is 5.11 Å². The number of hydrogen-bond donors (Lipinski definition) is 2. The first-order chi connectivity index (χ1) is 11.0. The number of aromatic hydroxyl groups is 1. The molecule has 0 fully saturated rings. The number of nitro groups is 1. The van der Waals surface area contributed by atoms with E-state index in [-0.39, 0.29) is 22.9 Å². The normalized spacial score (nSPS) is 10.8. The Morgan fingerprint density at radius 3 is 2.70 bits per heavy atom. The lowest BCUT2D eigenvalue weighted by atomic mass is 10.1. The molecule has 0 aliphatic carbocycles. The highest BCUT2D eigenvalue weighted by molar-refractivity contribution is 5.85. The Bertz CT molecular complexity index is 558. The zero-order valence-electron chi connectivity index (χ0n) is 13.3. The predicted octanol–water partition coefficient (Wildman–Crippen LogP) is 3.50. The first-order valence-electron chi connectivity index (χ1n) is 7.84. The summed E-state index contributed by atoms with van der Waals surface area (Å²) >= 11 is 0. The Labute approximate surface area is 135 Å². The molecule has 0 aliphatic heterocycles. The lowest BCUT2D eigenvalue weighted by Crippen LogP contribution is -2.16. The van der Waals surface area contributed by atoms with E-state index in [9.17, 15) is 20.0 Å². The maximum atomic E-state index is 11.6. The molecule has 0 saturated carbocycles. The van der Waals surface area contributed by atoms with Crippen molar-refractivity contribution >= 4 is 17.8 Å². The van der Waals surface area contributed by atoms with E-state index < -0.39 is 4.92 Å². The molecular weight excluding hydrogens is 298 g/mol. The maximum Gasteiger partial charge on any atom is 0.270 e. The molecule has 0 aromatic heterocycles. The average Bonchev–Trinajstić information content (AvgIpc) is 2.52. The molecule has 7 heteroatoms. The topological polar surface area (TPSA) is 105 Å². The van der Waals surface area contributed by atoms with Crippen molar-refractivity contribution in [1.82, 2.24) is 5.43 Å². The van der Waals surface area contributed by atoms with Crippen LogP contribution in [0.25, 0.3) is 0 Å². The second-order valence-corrected chi connectivity index (χ2v) is 5.31. The number of carbonyl (C=O) groups is 1. The van der Waals surface area contributed by atoms with Crippen molar-refractivity contribution in [1.29, 1.82) is 0 Å². The van der Waals surface area contributed by atoms with Gasteiger partial charge in [0.25, 0.3) is 5.69 Å². The highest BCUT2D eigenvalue weighted by atomic mass is 16.6. The van der Waals surface area contributed by atoms with Crippen molar-refractivity contribution in [3.8, 4) is 5.75 Å². The highest BCUT2D eigenvalue weighted by Crippen LogP contribution is 2.21. The van der Waals surface area contributed by atoms with Crippen molar-refractivity contribution in [2.45, 2.75) is 51.9 Å². The number of nitrogens with zero attached hydrogens (tertiary/aromatic N) is 2. The van der Waals surface area contributed by atoms with Gasteiger partial charge in [-0.2, -0.15) is 5.10 Å². The molecule has 0 spiro atoms. The van der Waals surface area contributed by atoms with Gasteiger partial charge in [-0.05, 0) is 12.5 Å². The molecular formula is C16H23N3O4. The van der Waals surface area contributed by atoms with Crippen molar-refractivity contribution in [2.24, 2.45) is 5.10 Å². The number of phenols is 1. The SMILES string of the molecule is CCCCCCCCC(=O)NN=Cc1cc([N+](=O)[O-])ccc1O. The van der Waals surface area contributed by atoms with Crippen LogP contribution in [0.3, 0.4) is 0 Å². The van der Waals surface area contributed by atoms with Crippen LogP contribution in [0.4, 0.5) is 5.69 Å². The summed E-state index contributed by atoms with van der Waals surface area (Å²) in [6.45, 7) is 2.16. The smallest absolute Gasteiger partial charge is 0.270 e. The van der Waals surface area contributed by atoms with Crippen LogP contribution in [0.2, 0.25) is 0 Å². The third-order valence-electron chi connectivity index (χ3n) is 3.37. The minimum absolute atomic E-state index is 0.135. The standard InChI is InChI=1S/C16H23N3O4/c1-2-3-4-5-6-7-8-16(21)18-17-12-13-11-14(19(22)23)9-10-15(13)20/h9-12,20H,2-8H2,1H3,(H,18,21). The fourth-order valence-corrected chi connectivity index (χ4v) is 2.05. The van der Waals surface area contributed by atoms with Gasteiger partial charge in [0.2, 0.25) is 5.91 Å². The average molecular weight is 321 g/mol. The van der Waals surface area contributed by atoms with Gasteiger partial charge in [-0.1, -0.05) is 39.0 Å². The van der Waals surface area contributed by atoms with Crippen LogP contribution in [-0.2, 0) is 4.79 Å². The molecule has 126 valence electrons. The third-order valence-corrected chi connectivity index (χ3v) is 3.37. The molecule has 0 atom stereocenters. The Hall–Kier alpha value is -2.44. The van der Waals surface area contributed by atoms with Crippen LogP contribution in [0.5, 0.6) is 5.75 Å². The Morgan fingerprint density at radius 1 is 1.30 bits per heavy atom. The number of amides is 1. The number of non-ortho nitro benzene ring substituents is 1. The number of phenolic OH excluding ortho intramolecular Hbond substituents is 1. The summed E-state index contributed by atoms with van der Waals surface area (Å²) in [5, 5.41) is 24.0. The second kappa shape index (κ2) is 10.3. The lowest BCUT2D eigenvalue weighted by molar-refractivity contribution is -0.384. The van der Waals surface area contributed by atoms with Gasteiger partial charge in [0.1, 0.15) is 5.75 Å². The van der Waals surface area contributed by atoms with Crippen molar-refractivity contribution in [3.05, 3.63) is 33.9 Å². The van der Waals surface area contributed by atoms with E-state index in [1.165, 1.54) is 43.7 Å². The highest BCUT2D eigenvalue weighted by Gasteiger charge is 2.08. The van der Waals surface area contributed by atoms with E-state index in [0.29, 0.717) is 6.42 Å². The number of nitro benzene ring substituents is 1. The third kappa shape index (κ3) is 7.39. The second-order valence-electron chi connectivity index (χ2n) is 5.31. The summed E-state index contributed by atoms with van der Waals surface area (Å²) in [6.07, 6.45) is 8.17. The number of nitrogens with one attached hydrogen (secondary N) is 1. The molecule has 1 aromatic rings. The van der Waals surface area contributed by atoms with Gasteiger partial charge in [0.05, 0.1) is 11.1 Å². The lowest BCUT2D eigenvalue weighted by Gasteiger charge is -2.01. The molecule has 0 aliphatic rings. The number of carbonyl (C=O) groups excluding carboxylic acids is 1. The van der Waals surface area contributed by atoms with Crippen LogP contribution < -0.4 is 5.43 Å². The van der Waals surface area contributed by atoms with Gasteiger partial charge in [-0.25, -0.2) is 5.43 Å². The first kappa shape index (κ1) is 18.6. The molecule has 0 unspecified atom stereocenters. The minimum atomic E-state index is -0.562. The number of unbranched alkanes of at least 4 members (excludes halogenated alkanes) is 5. The van der Waals surface area contributed by atoms with E-state index in [1.54, 1.807) is 0 Å². The van der Waals surface area contributed by atoms with Gasteiger partial charge in [-0.15, -0.1) is 0 Å². The van der Waals surface area contributed by atoms with Gasteiger partial charge >= 0.3 is 0 Å². The van der Waals surface area contributed by atoms with E-state index in [0.717, 1.165) is 19.3 Å². The van der Waals surface area contributed by atoms with E-state index >= 15 is 0 Å². The van der Waals surface area contributed by atoms with Crippen LogP contribution in [0.15, 0.2) is 23.3 Å². The minimum Gasteiger partial charge on any atom is -0.507 e. The molecule has 1 rings (SSSR count). The fraction of sp³-hybridized carbons (Fsp3) is 0.500. The number of hydrogen-bond acceptors (Lipinski definition) is 5. The quantitative estimate of drug-likeness (QED) is 0.298. The largest absolute Gasteiger partial charge is 0.507 e. The first-order valence-corrected chi connectivity index (χ1v) is 7.84. The molecule has 0 heterocycles. The molecule has 0 saturated heterocycles. The van der Waals surface area contributed by atoms with E-state index in [4.69, 9.17) is 0 Å². The van der Waals surface area contributed by atoms with Crippen LogP contribution >= 0.6 is 0 Å². The number of rotatable bonds is 10. The zero-order chi connectivity index (χ0) is 17.1. The van der Waals surface area contributed by atoms with Crippen molar-refractivity contribution in [3.63, 3.8) is 0 Å². The zero-order valence-corrected chi connectivity index (χ0v) is 13.3. The monoisotopic (exact) mass is 321 g/mol. The molecule has 1 amide bonds. The number of hydrazone groups is 1. The Kier molecular flexibility index (Phi) is 8.34. The molecule has 2 N–H and O–H groups in total. The summed E-state index contributed by atoms with van der Waals surface area (Å²) in [4.78, 5) is 21.7. The summed E-state index contributed by atoms with van der Waals surface area (Å²) in [7, 11) is 0. The summed E-state index contributed by atoms with van der Waals surface area (Å²) < 4.78 is 0. The van der Waals surface area contributed by atoms with Crippen molar-refractivity contribution in [2.75, 3.05) is 0 Å². The summed E-state index contributed by atoms with van der Waals surface area (Å²) in [6, 6.07) is 3.61. The molecule has 0 radical (unpaired) electrons. The van der Waals surface area contributed by atoms with Gasteiger partial charge in [0, 0.05) is 24.1 Å². The maximum absolute atomic E-state index is 11.6. The predicted molar refractivity (Wildman–Crippen MR) is 88.5 cm³/mol. The van der Waals surface area contributed by atoms with E-state index in [2.05, 4.69) is 17.5 Å². The molecule has 1 aromatic carbocycles. The Morgan fingerprint density at radius 2 is 2.00 bits per heavy atom. The van der Waals surface area contributed by atoms with Crippen LogP contribution in [-0.4, -0.2) is 22.2 Å². The number of benzene rings is 1. The van der Waals surface area contributed by atoms with Gasteiger partial charge in [0.15, 0.2) is 0 Å². The Balaban J connectivity index is 2.36. The summed E-state index contributed by atoms with van der Waals surface area (Å²) in [5.41, 5.74) is 2.39. The van der Waals surface area contributed by atoms with E-state index in [1.807, 2.05) is 0 Å². The van der Waals surface area contributed by atoms with Gasteiger partial charge in [-0.3, -0.25) is 14.9 Å². The van der Waals surface area contributed by atoms with Crippen molar-refractivity contribution < 1.29 is 14.8 Å². The molecule has 0 bridgehead atoms. The summed E-state index contributed by atoms with van der Waals surface area (Å²) in [5.74, 6) is -0.341. The van der Waals surface area contributed by atoms with Crippen LogP contribution in [0.1, 0.15) is 57.4 Å². The molecule has 7 nitrogen and oxygen atoms in total. The van der Waals surface area contributed by atoms with Crippen LogP contribution in [0, 0.1) is 10.1 Å². The fourth-order valence-electron chi connectivity index (χ4n) is 2.05. The molecule has 23 heavy (non-hydrogen) atoms.